The fourth-order valence-corrected chi connectivity index (χ4v) is 4.03. The Morgan fingerprint density at radius 2 is 2.25 bits per heavy atom. The summed E-state index contributed by atoms with van der Waals surface area (Å²) in [5.41, 5.74) is 1.33. The topological polar surface area (TPSA) is 23.8 Å². The van der Waals surface area contributed by atoms with Crippen LogP contribution in [-0.2, 0) is 0 Å². The minimum atomic E-state index is 0.385. The van der Waals surface area contributed by atoms with Gasteiger partial charge in [0.25, 0.3) is 0 Å². The van der Waals surface area contributed by atoms with Crippen molar-refractivity contribution < 1.29 is 0 Å². The van der Waals surface area contributed by atoms with E-state index in [0.29, 0.717) is 11.7 Å². The molecule has 1 atom stereocenters. The van der Waals surface area contributed by atoms with Crippen molar-refractivity contribution in [1.29, 1.82) is 5.26 Å². The molecule has 0 saturated carbocycles. The van der Waals surface area contributed by atoms with Gasteiger partial charge in [0.2, 0.25) is 0 Å². The Balaban J connectivity index is 2.31. The van der Waals surface area contributed by atoms with Crippen LogP contribution in [-0.4, -0.2) is 0 Å². The normalized spacial score (nSPS) is 20.1. The van der Waals surface area contributed by atoms with E-state index in [9.17, 15) is 0 Å². The van der Waals surface area contributed by atoms with Gasteiger partial charge >= 0.3 is 0 Å². The zero-order valence-electron chi connectivity index (χ0n) is 6.36. The van der Waals surface area contributed by atoms with Crippen LogP contribution in [0.25, 0.3) is 0 Å². The zero-order chi connectivity index (χ0) is 8.39. The molecule has 0 spiro atoms. The van der Waals surface area contributed by atoms with Gasteiger partial charge in [0, 0.05) is 4.90 Å². The fraction of sp³-hybridized carbons (Fsp3) is 0.222. The van der Waals surface area contributed by atoms with Gasteiger partial charge in [0.15, 0.2) is 0 Å². The van der Waals surface area contributed by atoms with E-state index < -0.39 is 0 Å². The predicted molar refractivity (Wildman–Crippen MR) is 52.9 cm³/mol. The first kappa shape index (κ1) is 8.03. The van der Waals surface area contributed by atoms with Gasteiger partial charge < -0.3 is 0 Å². The summed E-state index contributed by atoms with van der Waals surface area (Å²) in [7, 11) is 3.57. The van der Waals surface area contributed by atoms with Crippen LogP contribution < -0.4 is 0 Å². The maximum atomic E-state index is 8.58. The molecule has 0 radical (unpaired) electrons. The van der Waals surface area contributed by atoms with Crippen LogP contribution >= 0.6 is 21.6 Å². The van der Waals surface area contributed by atoms with Crippen molar-refractivity contribution in [3.05, 3.63) is 29.8 Å². The molecule has 2 rings (SSSR count). The zero-order valence-corrected chi connectivity index (χ0v) is 7.99. The van der Waals surface area contributed by atoms with E-state index in [1.54, 1.807) is 21.6 Å². The molecule has 1 aliphatic heterocycles. The van der Waals surface area contributed by atoms with Crippen LogP contribution in [0.5, 0.6) is 0 Å². The highest BCUT2D eigenvalue weighted by atomic mass is 33.1. The predicted octanol–water partition coefficient (Wildman–Crippen LogP) is 3.40. The summed E-state index contributed by atoms with van der Waals surface area (Å²) in [6.07, 6.45) is 0.620. The summed E-state index contributed by atoms with van der Waals surface area (Å²) in [5.74, 6) is 0. The average Bonchev–Trinajstić information content (AvgIpc) is 2.50. The molecule has 1 aliphatic rings. The molecule has 60 valence electrons. The largest absolute Gasteiger partial charge is 0.198 e. The van der Waals surface area contributed by atoms with Crippen molar-refractivity contribution in [1.82, 2.24) is 0 Å². The van der Waals surface area contributed by atoms with Crippen LogP contribution in [0, 0.1) is 11.3 Å². The number of nitriles is 1. The highest BCUT2D eigenvalue weighted by Gasteiger charge is 2.22. The lowest BCUT2D eigenvalue weighted by Gasteiger charge is -2.02. The molecule has 1 aromatic carbocycles. The number of benzene rings is 1. The lowest BCUT2D eigenvalue weighted by atomic mass is 10.1. The molecule has 0 amide bonds. The number of hydrogen-bond donors (Lipinski definition) is 0. The van der Waals surface area contributed by atoms with Crippen molar-refractivity contribution in [2.75, 3.05) is 0 Å². The van der Waals surface area contributed by atoms with Crippen LogP contribution in [0.15, 0.2) is 29.2 Å². The number of hydrogen-bond acceptors (Lipinski definition) is 3. The summed E-state index contributed by atoms with van der Waals surface area (Å²) in [5, 5.41) is 8.97. The van der Waals surface area contributed by atoms with Gasteiger partial charge in [-0.2, -0.15) is 5.26 Å². The van der Waals surface area contributed by atoms with Gasteiger partial charge in [-0.15, -0.1) is 0 Å². The molecule has 0 saturated heterocycles. The molecule has 3 heteroatoms. The number of nitrogens with zero attached hydrogens (tertiary/aromatic N) is 1. The quantitative estimate of drug-likeness (QED) is 0.639. The molecule has 1 unspecified atom stereocenters. The number of fused-ring (bicyclic) bond motifs is 1. The summed E-state index contributed by atoms with van der Waals surface area (Å²) < 4.78 is 0. The second-order valence-electron chi connectivity index (χ2n) is 2.57. The van der Waals surface area contributed by atoms with E-state index in [1.807, 2.05) is 12.1 Å². The van der Waals surface area contributed by atoms with Crippen molar-refractivity contribution in [3.63, 3.8) is 0 Å². The fourth-order valence-electron chi connectivity index (χ4n) is 1.21. The Morgan fingerprint density at radius 3 is 3.08 bits per heavy atom. The van der Waals surface area contributed by atoms with Crippen molar-refractivity contribution in [2.24, 2.45) is 0 Å². The highest BCUT2D eigenvalue weighted by Crippen LogP contribution is 2.53. The molecule has 12 heavy (non-hydrogen) atoms. The molecule has 1 heterocycles. The SMILES string of the molecule is N#CCC1SSc2ccccc21. The van der Waals surface area contributed by atoms with E-state index in [0.717, 1.165) is 0 Å². The van der Waals surface area contributed by atoms with Gasteiger partial charge in [-0.3, -0.25) is 0 Å². The molecular formula is C9H7NS2. The summed E-state index contributed by atoms with van der Waals surface area (Å²) in [4.78, 5) is 1.32. The molecule has 0 aliphatic carbocycles. The van der Waals surface area contributed by atoms with E-state index in [4.69, 9.17) is 5.26 Å². The van der Waals surface area contributed by atoms with E-state index in [-0.39, 0.29) is 0 Å². The molecule has 1 aromatic rings. The third-order valence-electron chi connectivity index (χ3n) is 1.80. The first-order chi connectivity index (χ1) is 5.92. The van der Waals surface area contributed by atoms with E-state index in [1.165, 1.54) is 10.5 Å². The van der Waals surface area contributed by atoms with E-state index in [2.05, 4.69) is 18.2 Å². The maximum Gasteiger partial charge on any atom is 0.0637 e. The first-order valence-electron chi connectivity index (χ1n) is 3.71. The molecule has 0 N–H and O–H groups in total. The smallest absolute Gasteiger partial charge is 0.0637 e. The summed E-state index contributed by atoms with van der Waals surface area (Å²) in [6, 6.07) is 10.5. The lowest BCUT2D eigenvalue weighted by molar-refractivity contribution is 0.965. The Bertz CT molecular complexity index is 330. The summed E-state index contributed by atoms with van der Waals surface area (Å²) in [6.45, 7) is 0. The average molecular weight is 193 g/mol. The van der Waals surface area contributed by atoms with Gasteiger partial charge in [0.05, 0.1) is 17.7 Å². The van der Waals surface area contributed by atoms with Crippen molar-refractivity contribution in [3.8, 4) is 6.07 Å². The highest BCUT2D eigenvalue weighted by molar-refractivity contribution is 8.77. The Hall–Kier alpha value is -0.590. The third kappa shape index (κ3) is 1.33. The second kappa shape index (κ2) is 3.42. The van der Waals surface area contributed by atoms with Crippen LogP contribution in [0.3, 0.4) is 0 Å². The second-order valence-corrected chi connectivity index (χ2v) is 5.01. The molecule has 1 nitrogen and oxygen atoms in total. The third-order valence-corrected chi connectivity index (χ3v) is 4.62. The van der Waals surface area contributed by atoms with Crippen LogP contribution in [0.2, 0.25) is 0 Å². The minimum absolute atomic E-state index is 0.385. The van der Waals surface area contributed by atoms with Gasteiger partial charge in [-0.1, -0.05) is 39.8 Å². The Kier molecular flexibility index (Phi) is 2.29. The Labute approximate surface area is 79.6 Å². The van der Waals surface area contributed by atoms with Gasteiger partial charge in [-0.05, 0) is 11.6 Å². The molecule has 0 fully saturated rings. The van der Waals surface area contributed by atoms with Crippen molar-refractivity contribution in [2.45, 2.75) is 16.6 Å². The Morgan fingerprint density at radius 1 is 1.42 bits per heavy atom. The maximum absolute atomic E-state index is 8.58. The molecule has 0 aromatic heterocycles. The molecule has 0 bridgehead atoms. The summed E-state index contributed by atoms with van der Waals surface area (Å²) >= 11 is 0. The monoisotopic (exact) mass is 193 g/mol. The van der Waals surface area contributed by atoms with Crippen LogP contribution in [0.4, 0.5) is 0 Å². The first-order valence-corrected chi connectivity index (χ1v) is 5.92. The minimum Gasteiger partial charge on any atom is -0.198 e. The van der Waals surface area contributed by atoms with Crippen LogP contribution in [0.1, 0.15) is 17.2 Å². The standard InChI is InChI=1S/C9H7NS2/c10-6-5-9-7-3-1-2-4-8(7)11-12-9/h1-4,9H,5H2. The number of rotatable bonds is 1. The lowest BCUT2D eigenvalue weighted by Crippen LogP contribution is -1.86. The van der Waals surface area contributed by atoms with Gasteiger partial charge in [-0.25, -0.2) is 0 Å². The van der Waals surface area contributed by atoms with Gasteiger partial charge in [0.1, 0.15) is 0 Å². The van der Waals surface area contributed by atoms with Crippen molar-refractivity contribution >= 4 is 21.6 Å². The molecular weight excluding hydrogens is 186 g/mol. The van der Waals surface area contributed by atoms with E-state index >= 15 is 0 Å².